The van der Waals surface area contributed by atoms with Gasteiger partial charge >= 0.3 is 12.4 Å². The lowest BCUT2D eigenvalue weighted by molar-refractivity contribution is -0.138. The summed E-state index contributed by atoms with van der Waals surface area (Å²) in [6, 6.07) is 9.89. The van der Waals surface area contributed by atoms with Gasteiger partial charge in [-0.15, -0.1) is 0 Å². The van der Waals surface area contributed by atoms with E-state index in [4.69, 9.17) is 5.73 Å². The molecule has 0 aromatic heterocycles. The fourth-order valence-electron chi connectivity index (χ4n) is 2.73. The molecule has 1 aliphatic rings. The molecule has 0 amide bonds. The highest BCUT2D eigenvalue weighted by atomic mass is 19.4. The summed E-state index contributed by atoms with van der Waals surface area (Å²) in [6.45, 7) is 0. The highest BCUT2D eigenvalue weighted by Crippen LogP contribution is 2.42. The Morgan fingerprint density at radius 2 is 1.48 bits per heavy atom. The van der Waals surface area contributed by atoms with E-state index < -0.39 is 29.7 Å². The Hall–Kier alpha value is -2.97. The monoisotopic (exact) mass is 385 g/mol. The normalized spacial score (nSPS) is 19.5. The standard InChI is InChI=1S/C18H13F6N3/c19-17(20,21)15-14(10-11-4-2-1-3-5-11)16(18(22,23)24)27(26-15)13-8-6-12(25)7-9-13/h1-10,16H,25H2. The molecular weight excluding hydrogens is 372 g/mol. The average molecular weight is 385 g/mol. The third kappa shape index (κ3) is 3.91. The highest BCUT2D eigenvalue weighted by Gasteiger charge is 2.56. The summed E-state index contributed by atoms with van der Waals surface area (Å²) in [6.07, 6.45) is -9.17. The molecule has 1 unspecified atom stereocenters. The van der Waals surface area contributed by atoms with Crippen molar-refractivity contribution in [1.29, 1.82) is 0 Å². The summed E-state index contributed by atoms with van der Waals surface area (Å²) in [4.78, 5) is 0. The van der Waals surface area contributed by atoms with E-state index in [0.29, 0.717) is 5.01 Å². The molecule has 2 N–H and O–H groups in total. The predicted octanol–water partition coefficient (Wildman–Crippen LogP) is 5.02. The lowest BCUT2D eigenvalue weighted by Gasteiger charge is -2.26. The van der Waals surface area contributed by atoms with Crippen LogP contribution in [0.2, 0.25) is 0 Å². The summed E-state index contributed by atoms with van der Waals surface area (Å²) in [5.74, 6) is 0. The van der Waals surface area contributed by atoms with Crippen molar-refractivity contribution < 1.29 is 26.3 Å². The molecule has 1 heterocycles. The fraction of sp³-hybridized carbons (Fsp3) is 0.167. The van der Waals surface area contributed by atoms with Gasteiger partial charge in [-0.25, -0.2) is 5.01 Å². The third-order valence-corrected chi connectivity index (χ3v) is 3.88. The van der Waals surface area contributed by atoms with Crippen LogP contribution in [0, 0.1) is 0 Å². The third-order valence-electron chi connectivity index (χ3n) is 3.88. The first-order valence-corrected chi connectivity index (χ1v) is 7.71. The first kappa shape index (κ1) is 18.8. The van der Waals surface area contributed by atoms with Gasteiger partial charge in [0, 0.05) is 11.3 Å². The molecule has 0 fully saturated rings. The molecule has 2 aromatic rings. The van der Waals surface area contributed by atoms with Gasteiger partial charge < -0.3 is 5.73 Å². The molecule has 3 rings (SSSR count). The molecular formula is C18H13F6N3. The molecule has 3 nitrogen and oxygen atoms in total. The van der Waals surface area contributed by atoms with Gasteiger partial charge in [-0.05, 0) is 35.9 Å². The van der Waals surface area contributed by atoms with Gasteiger partial charge in [0.1, 0.15) is 0 Å². The van der Waals surface area contributed by atoms with E-state index in [1.165, 1.54) is 48.5 Å². The van der Waals surface area contributed by atoms with E-state index in [0.717, 1.165) is 6.08 Å². The molecule has 2 aromatic carbocycles. The van der Waals surface area contributed by atoms with Gasteiger partial charge in [0.25, 0.3) is 0 Å². The SMILES string of the molecule is Nc1ccc(N2N=C(C(F)(F)F)C(=Cc3ccccc3)C2C(F)(F)F)cc1. The van der Waals surface area contributed by atoms with Gasteiger partial charge in [-0.2, -0.15) is 31.4 Å². The Labute approximate surface area is 150 Å². The minimum atomic E-state index is -5.05. The maximum Gasteiger partial charge on any atom is 0.435 e. The summed E-state index contributed by atoms with van der Waals surface area (Å²) in [5.41, 5.74) is 3.29. The van der Waals surface area contributed by atoms with Crippen molar-refractivity contribution in [2.75, 3.05) is 10.7 Å². The van der Waals surface area contributed by atoms with Gasteiger partial charge in [0.2, 0.25) is 0 Å². The summed E-state index contributed by atoms with van der Waals surface area (Å²) >= 11 is 0. The average Bonchev–Trinajstić information content (AvgIpc) is 2.96. The van der Waals surface area contributed by atoms with Crippen LogP contribution >= 0.6 is 0 Å². The number of halogens is 6. The van der Waals surface area contributed by atoms with Crippen LogP contribution in [0.25, 0.3) is 6.08 Å². The number of hydrogen-bond acceptors (Lipinski definition) is 3. The van der Waals surface area contributed by atoms with Crippen molar-refractivity contribution >= 4 is 23.2 Å². The lowest BCUT2D eigenvalue weighted by atomic mass is 9.98. The van der Waals surface area contributed by atoms with Gasteiger partial charge in [0.05, 0.1) is 5.69 Å². The Morgan fingerprint density at radius 3 is 2.00 bits per heavy atom. The second-order valence-corrected chi connectivity index (χ2v) is 5.84. The molecule has 0 saturated heterocycles. The molecule has 142 valence electrons. The second kappa shape index (κ2) is 6.64. The molecule has 0 aliphatic carbocycles. The Balaban J connectivity index is 2.18. The second-order valence-electron chi connectivity index (χ2n) is 5.84. The first-order chi connectivity index (χ1) is 12.6. The minimum absolute atomic E-state index is 0.148. The highest BCUT2D eigenvalue weighted by molar-refractivity contribution is 6.11. The minimum Gasteiger partial charge on any atom is -0.399 e. The molecule has 9 heteroatoms. The van der Waals surface area contributed by atoms with E-state index in [9.17, 15) is 26.3 Å². The smallest absolute Gasteiger partial charge is 0.399 e. The van der Waals surface area contributed by atoms with Gasteiger partial charge in [-0.3, -0.25) is 0 Å². The van der Waals surface area contributed by atoms with Crippen molar-refractivity contribution in [2.24, 2.45) is 5.10 Å². The van der Waals surface area contributed by atoms with Crippen LogP contribution in [0.3, 0.4) is 0 Å². The molecule has 0 spiro atoms. The number of nitrogen functional groups attached to an aromatic ring is 1. The zero-order valence-corrected chi connectivity index (χ0v) is 13.6. The maximum absolute atomic E-state index is 13.7. The van der Waals surface area contributed by atoms with Gasteiger partial charge in [0.15, 0.2) is 11.8 Å². The van der Waals surface area contributed by atoms with E-state index >= 15 is 0 Å². The quantitative estimate of drug-likeness (QED) is 0.583. The van der Waals surface area contributed by atoms with Crippen LogP contribution in [-0.4, -0.2) is 24.1 Å². The van der Waals surface area contributed by atoms with Crippen LogP contribution in [-0.2, 0) is 0 Å². The van der Waals surface area contributed by atoms with Crippen molar-refractivity contribution in [3.63, 3.8) is 0 Å². The van der Waals surface area contributed by atoms with E-state index in [1.54, 1.807) is 6.07 Å². The first-order valence-electron chi connectivity index (χ1n) is 7.71. The van der Waals surface area contributed by atoms with E-state index in [2.05, 4.69) is 5.10 Å². The van der Waals surface area contributed by atoms with Crippen LogP contribution in [0.4, 0.5) is 37.7 Å². The number of benzene rings is 2. The molecule has 0 radical (unpaired) electrons. The van der Waals surface area contributed by atoms with Crippen molar-refractivity contribution in [3.05, 3.63) is 65.7 Å². The molecule has 0 bridgehead atoms. The molecule has 27 heavy (non-hydrogen) atoms. The Kier molecular flexibility index (Phi) is 4.63. The summed E-state index contributed by atoms with van der Waals surface area (Å²) < 4.78 is 81.6. The summed E-state index contributed by atoms with van der Waals surface area (Å²) in [5, 5.41) is 3.61. The number of alkyl halides is 6. The number of hydrazone groups is 1. The Morgan fingerprint density at radius 1 is 0.889 bits per heavy atom. The topological polar surface area (TPSA) is 41.6 Å². The van der Waals surface area contributed by atoms with Crippen LogP contribution in [0.1, 0.15) is 5.56 Å². The lowest BCUT2D eigenvalue weighted by Crippen LogP contribution is -2.42. The number of nitrogens with two attached hydrogens (primary N) is 1. The Bertz CT molecular complexity index is 867. The van der Waals surface area contributed by atoms with Crippen LogP contribution in [0.15, 0.2) is 65.3 Å². The number of hydrogen-bond donors (Lipinski definition) is 1. The molecule has 1 atom stereocenters. The zero-order chi connectivity index (χ0) is 19.8. The van der Waals surface area contributed by atoms with Crippen molar-refractivity contribution in [1.82, 2.24) is 0 Å². The maximum atomic E-state index is 13.7. The van der Waals surface area contributed by atoms with Gasteiger partial charge in [-0.1, -0.05) is 30.3 Å². The van der Waals surface area contributed by atoms with Crippen LogP contribution < -0.4 is 10.7 Å². The van der Waals surface area contributed by atoms with Crippen molar-refractivity contribution in [2.45, 2.75) is 18.4 Å². The van der Waals surface area contributed by atoms with E-state index in [-0.39, 0.29) is 16.9 Å². The number of rotatable bonds is 2. The largest absolute Gasteiger partial charge is 0.435 e. The van der Waals surface area contributed by atoms with Crippen molar-refractivity contribution in [3.8, 4) is 0 Å². The predicted molar refractivity (Wildman–Crippen MR) is 91.1 cm³/mol. The fourth-order valence-corrected chi connectivity index (χ4v) is 2.73. The van der Waals surface area contributed by atoms with E-state index in [1.807, 2.05) is 0 Å². The molecule has 1 aliphatic heterocycles. The number of nitrogens with zero attached hydrogens (tertiary/aromatic N) is 2. The molecule has 0 saturated carbocycles. The van der Waals surface area contributed by atoms with Crippen LogP contribution in [0.5, 0.6) is 0 Å². The summed E-state index contributed by atoms with van der Waals surface area (Å²) in [7, 11) is 0. The zero-order valence-electron chi connectivity index (χ0n) is 13.6. The number of anilines is 2.